The number of amides is 1. The SMILES string of the molecule is [C-]#[N+]C1([N+]#[C-])CC2=C(COC(C)=O)C(=C)CC2=C(C)[C@@H]2C1=CC1CCC2N1C(=O)OC(C)(C)C. The van der Waals surface area contributed by atoms with Crippen molar-refractivity contribution in [3.63, 3.8) is 0 Å². The molecular formula is C27H31N3O4. The Hall–Kier alpha value is -3.32. The molecule has 0 aromatic heterocycles. The Morgan fingerprint density at radius 1 is 1.24 bits per heavy atom. The van der Waals surface area contributed by atoms with Crippen LogP contribution < -0.4 is 0 Å². The fourth-order valence-electron chi connectivity index (χ4n) is 5.91. The lowest BCUT2D eigenvalue weighted by atomic mass is 9.77. The van der Waals surface area contributed by atoms with Crippen molar-refractivity contribution in [3.05, 3.63) is 68.9 Å². The molecule has 0 radical (unpaired) electrons. The second-order valence-electron chi connectivity index (χ2n) is 10.6. The van der Waals surface area contributed by atoms with Crippen LogP contribution in [0.1, 0.15) is 60.3 Å². The Morgan fingerprint density at radius 2 is 1.91 bits per heavy atom. The van der Waals surface area contributed by atoms with Crippen LogP contribution in [-0.2, 0) is 14.3 Å². The number of allylic oxidation sites excluding steroid dienone is 1. The molecule has 0 N–H and O–H groups in total. The van der Waals surface area contributed by atoms with E-state index in [9.17, 15) is 9.59 Å². The van der Waals surface area contributed by atoms with Gasteiger partial charge in [-0.2, -0.15) is 0 Å². The highest BCUT2D eigenvalue weighted by atomic mass is 16.6. The molecule has 0 spiro atoms. The molecule has 1 amide bonds. The van der Waals surface area contributed by atoms with E-state index in [0.29, 0.717) is 6.42 Å². The monoisotopic (exact) mass is 461 g/mol. The average Bonchev–Trinajstić information content (AvgIpc) is 3.20. The van der Waals surface area contributed by atoms with E-state index in [4.69, 9.17) is 22.6 Å². The first-order valence-electron chi connectivity index (χ1n) is 11.7. The fourth-order valence-corrected chi connectivity index (χ4v) is 5.91. The van der Waals surface area contributed by atoms with E-state index >= 15 is 0 Å². The van der Waals surface area contributed by atoms with E-state index in [1.165, 1.54) is 6.92 Å². The Morgan fingerprint density at radius 3 is 2.50 bits per heavy atom. The van der Waals surface area contributed by atoms with Crippen LogP contribution in [0.4, 0.5) is 4.79 Å². The van der Waals surface area contributed by atoms with Crippen LogP contribution in [0, 0.1) is 19.1 Å². The molecule has 178 valence electrons. The second-order valence-corrected chi connectivity index (χ2v) is 10.6. The number of hydrogen-bond donors (Lipinski definition) is 0. The molecule has 2 aliphatic heterocycles. The molecule has 4 rings (SSSR count). The Bertz CT molecular complexity index is 1140. The Balaban J connectivity index is 1.87. The summed E-state index contributed by atoms with van der Waals surface area (Å²) in [6.45, 7) is 29.4. The van der Waals surface area contributed by atoms with Gasteiger partial charge >= 0.3 is 17.7 Å². The van der Waals surface area contributed by atoms with Crippen molar-refractivity contribution in [1.29, 1.82) is 0 Å². The summed E-state index contributed by atoms with van der Waals surface area (Å²) >= 11 is 0. The lowest BCUT2D eigenvalue weighted by molar-refractivity contribution is -0.139. The van der Waals surface area contributed by atoms with Crippen LogP contribution in [0.3, 0.4) is 0 Å². The zero-order chi connectivity index (χ0) is 25.0. The first-order chi connectivity index (χ1) is 15.9. The zero-order valence-electron chi connectivity index (χ0n) is 20.5. The maximum atomic E-state index is 13.2. The molecule has 0 saturated carbocycles. The number of carbonyl (C=O) groups excluding carboxylic acids is 2. The molecule has 3 atom stereocenters. The maximum absolute atomic E-state index is 13.2. The van der Waals surface area contributed by atoms with E-state index in [1.54, 1.807) is 0 Å². The van der Waals surface area contributed by atoms with Crippen LogP contribution in [0.5, 0.6) is 0 Å². The van der Waals surface area contributed by atoms with Crippen LogP contribution in [-0.4, -0.2) is 46.9 Å². The number of nitrogens with zero attached hydrogens (tertiary/aromatic N) is 3. The molecular weight excluding hydrogens is 430 g/mol. The van der Waals surface area contributed by atoms with E-state index < -0.39 is 11.3 Å². The van der Waals surface area contributed by atoms with Gasteiger partial charge in [0.2, 0.25) is 0 Å². The van der Waals surface area contributed by atoms with E-state index in [0.717, 1.165) is 46.3 Å². The molecule has 1 saturated heterocycles. The smallest absolute Gasteiger partial charge is 0.461 e. The highest BCUT2D eigenvalue weighted by Crippen LogP contribution is 2.55. The van der Waals surface area contributed by atoms with Gasteiger partial charge in [-0.15, -0.1) is 0 Å². The van der Waals surface area contributed by atoms with Crippen LogP contribution in [0.25, 0.3) is 9.69 Å². The van der Waals surface area contributed by atoms with Gasteiger partial charge in [-0.3, -0.25) is 9.69 Å². The zero-order valence-corrected chi connectivity index (χ0v) is 20.5. The molecule has 2 bridgehead atoms. The summed E-state index contributed by atoms with van der Waals surface area (Å²) in [4.78, 5) is 34.3. The van der Waals surface area contributed by atoms with Crippen LogP contribution in [0.15, 0.2) is 46.1 Å². The summed E-state index contributed by atoms with van der Waals surface area (Å²) in [5.74, 6) is -0.616. The topological polar surface area (TPSA) is 64.6 Å². The number of carbonyl (C=O) groups is 2. The minimum atomic E-state index is -1.39. The lowest BCUT2D eigenvalue weighted by Gasteiger charge is -2.40. The number of fused-ring (bicyclic) bond motifs is 5. The third kappa shape index (κ3) is 3.74. The third-order valence-corrected chi connectivity index (χ3v) is 7.33. The molecule has 34 heavy (non-hydrogen) atoms. The maximum Gasteiger partial charge on any atom is 0.510 e. The highest BCUT2D eigenvalue weighted by molar-refractivity contribution is 5.72. The van der Waals surface area contributed by atoms with Crippen molar-refractivity contribution in [2.24, 2.45) is 5.92 Å². The van der Waals surface area contributed by atoms with Crippen molar-refractivity contribution in [2.45, 2.75) is 83.6 Å². The Labute approximate surface area is 201 Å². The van der Waals surface area contributed by atoms with Gasteiger partial charge in [0.05, 0.1) is 6.04 Å². The molecule has 7 heteroatoms. The van der Waals surface area contributed by atoms with Crippen molar-refractivity contribution in [3.8, 4) is 0 Å². The van der Waals surface area contributed by atoms with Crippen molar-refractivity contribution in [2.75, 3.05) is 6.61 Å². The number of ether oxygens (including phenoxy) is 2. The number of hydrogen-bond acceptors (Lipinski definition) is 4. The highest BCUT2D eigenvalue weighted by Gasteiger charge is 2.62. The van der Waals surface area contributed by atoms with Gasteiger partial charge in [-0.1, -0.05) is 12.2 Å². The Kier molecular flexibility index (Phi) is 5.72. The quantitative estimate of drug-likeness (QED) is 0.314. The summed E-state index contributed by atoms with van der Waals surface area (Å²) in [5.41, 5.74) is 3.48. The summed E-state index contributed by atoms with van der Waals surface area (Å²) in [6, 6.07) is -0.352. The minimum absolute atomic E-state index is 0.0894. The molecule has 2 heterocycles. The van der Waals surface area contributed by atoms with Crippen molar-refractivity contribution in [1.82, 2.24) is 4.90 Å². The predicted molar refractivity (Wildman–Crippen MR) is 127 cm³/mol. The standard InChI is InChI=1S/C27H31N3O4/c1-15-11-19-16(2)24-22(12-18-9-10-23(24)30(18)25(32)34-26(4,5)6)27(28-7,29-8)13-20(19)21(15)14-33-17(3)31/h12,18,23-24H,1,9-11,13-14H2,2-6H3/t18?,23?,24-/m1/s1. The lowest BCUT2D eigenvalue weighted by Crippen LogP contribution is -2.51. The normalized spacial score (nSPS) is 27.3. The summed E-state index contributed by atoms with van der Waals surface area (Å²) < 4.78 is 11.0. The summed E-state index contributed by atoms with van der Waals surface area (Å²) in [6.07, 6.45) is 4.03. The first-order valence-corrected chi connectivity index (χ1v) is 11.7. The first kappa shape index (κ1) is 23.8. The van der Waals surface area contributed by atoms with Crippen LogP contribution >= 0.6 is 0 Å². The predicted octanol–water partition coefficient (Wildman–Crippen LogP) is 5.39. The van der Waals surface area contributed by atoms with Gasteiger partial charge < -0.3 is 9.47 Å². The van der Waals surface area contributed by atoms with Crippen molar-refractivity contribution < 1.29 is 19.1 Å². The van der Waals surface area contributed by atoms with Gasteiger partial charge in [0.25, 0.3) is 0 Å². The van der Waals surface area contributed by atoms with Gasteiger partial charge in [-0.05, 0) is 75.3 Å². The van der Waals surface area contributed by atoms with E-state index in [-0.39, 0.29) is 43.1 Å². The summed E-state index contributed by atoms with van der Waals surface area (Å²) in [7, 11) is 0. The molecule has 2 unspecified atom stereocenters. The van der Waals surface area contributed by atoms with Gasteiger partial charge in [0.15, 0.2) is 0 Å². The average molecular weight is 462 g/mol. The molecule has 0 aromatic rings. The second kappa shape index (κ2) is 8.17. The number of esters is 1. The van der Waals surface area contributed by atoms with Gasteiger partial charge in [-0.25, -0.2) is 27.6 Å². The largest absolute Gasteiger partial charge is 0.510 e. The van der Waals surface area contributed by atoms with E-state index in [1.807, 2.05) is 38.7 Å². The molecule has 7 nitrogen and oxygen atoms in total. The molecule has 2 aliphatic carbocycles. The molecule has 0 aromatic carbocycles. The minimum Gasteiger partial charge on any atom is -0.461 e. The van der Waals surface area contributed by atoms with Gasteiger partial charge in [0.1, 0.15) is 24.2 Å². The molecule has 1 fully saturated rings. The summed E-state index contributed by atoms with van der Waals surface area (Å²) in [5, 5.41) is 0. The van der Waals surface area contributed by atoms with Crippen molar-refractivity contribution >= 4 is 12.1 Å². The third-order valence-electron chi connectivity index (χ3n) is 7.33. The fraction of sp³-hybridized carbons (Fsp3) is 0.556. The van der Waals surface area contributed by atoms with Gasteiger partial charge in [0, 0.05) is 18.9 Å². The molecule has 4 aliphatic rings. The van der Waals surface area contributed by atoms with E-state index in [2.05, 4.69) is 16.3 Å². The van der Waals surface area contributed by atoms with Crippen LogP contribution in [0.2, 0.25) is 0 Å². The number of rotatable bonds is 2.